The topological polar surface area (TPSA) is 105 Å². The lowest BCUT2D eigenvalue weighted by Crippen LogP contribution is -2.55. The third-order valence-corrected chi connectivity index (χ3v) is 10.1. The normalized spacial score (nSPS) is 20.7. The standard InChI is InChI=1S/C34H43ClN6O4/c35-26-9-6-8-24(21-26)32(43)36-30(33(44)40-19-11-27(12-20-40)38-15-4-1-5-16-38)22-31(42)39-17-13-28(14-18-39)41-23-25-7-2-3-10-29(25)37-34(41)45/h2-3,6-10,21,27-28,30H,1,4-5,11-20,22-23H2,(H,36,43)(H,37,45)/t30-/m0/s1. The maximum Gasteiger partial charge on any atom is 0.322 e. The van der Waals surface area contributed by atoms with Gasteiger partial charge in [-0.2, -0.15) is 0 Å². The van der Waals surface area contributed by atoms with Crippen molar-refractivity contribution in [2.75, 3.05) is 44.6 Å². The van der Waals surface area contributed by atoms with Gasteiger partial charge in [0.05, 0.1) is 6.42 Å². The minimum atomic E-state index is -0.974. The van der Waals surface area contributed by atoms with Crippen molar-refractivity contribution in [1.82, 2.24) is 24.9 Å². The molecule has 3 fully saturated rings. The molecule has 0 unspecified atom stereocenters. The summed E-state index contributed by atoms with van der Waals surface area (Å²) in [6, 6.07) is 13.8. The smallest absolute Gasteiger partial charge is 0.322 e. The number of amides is 5. The highest BCUT2D eigenvalue weighted by Gasteiger charge is 2.36. The number of carbonyl (C=O) groups is 4. The molecule has 4 heterocycles. The number of hydrogen-bond donors (Lipinski definition) is 2. The number of likely N-dealkylation sites (tertiary alicyclic amines) is 3. The van der Waals surface area contributed by atoms with Crippen LogP contribution in [0, 0.1) is 0 Å². The first kappa shape index (κ1) is 31.4. The summed E-state index contributed by atoms with van der Waals surface area (Å²) in [5.41, 5.74) is 2.27. The summed E-state index contributed by atoms with van der Waals surface area (Å²) < 4.78 is 0. The molecule has 2 N–H and O–H groups in total. The Kier molecular flexibility index (Phi) is 9.90. The Morgan fingerprint density at radius 1 is 0.844 bits per heavy atom. The van der Waals surface area contributed by atoms with Crippen molar-refractivity contribution in [3.8, 4) is 0 Å². The summed E-state index contributed by atoms with van der Waals surface area (Å²) in [5, 5.41) is 6.28. The van der Waals surface area contributed by atoms with Crippen LogP contribution in [0.2, 0.25) is 5.02 Å². The van der Waals surface area contributed by atoms with Crippen molar-refractivity contribution in [1.29, 1.82) is 0 Å². The molecule has 0 radical (unpaired) electrons. The van der Waals surface area contributed by atoms with E-state index in [9.17, 15) is 19.2 Å². The van der Waals surface area contributed by atoms with Crippen LogP contribution in [0.5, 0.6) is 0 Å². The van der Waals surface area contributed by atoms with E-state index in [2.05, 4.69) is 15.5 Å². The number of para-hydroxylation sites is 1. The molecule has 0 aromatic heterocycles. The fourth-order valence-electron chi connectivity index (χ4n) is 7.27. The zero-order valence-corrected chi connectivity index (χ0v) is 26.5. The van der Waals surface area contributed by atoms with Crippen LogP contribution in [-0.4, -0.2) is 101 Å². The van der Waals surface area contributed by atoms with Crippen LogP contribution in [-0.2, 0) is 16.1 Å². The van der Waals surface area contributed by atoms with Crippen LogP contribution in [0.15, 0.2) is 48.5 Å². The summed E-state index contributed by atoms with van der Waals surface area (Å²) in [6.45, 7) is 4.99. The van der Waals surface area contributed by atoms with E-state index < -0.39 is 11.9 Å². The van der Waals surface area contributed by atoms with Crippen LogP contribution in [0.1, 0.15) is 67.3 Å². The fourth-order valence-corrected chi connectivity index (χ4v) is 7.46. The van der Waals surface area contributed by atoms with Crippen LogP contribution in [0.25, 0.3) is 0 Å². The summed E-state index contributed by atoms with van der Waals surface area (Å²) in [6.07, 6.45) is 6.74. The molecule has 10 nitrogen and oxygen atoms in total. The molecule has 3 saturated heterocycles. The molecule has 0 saturated carbocycles. The first-order chi connectivity index (χ1) is 21.9. The van der Waals surface area contributed by atoms with E-state index in [1.165, 1.54) is 19.3 Å². The van der Waals surface area contributed by atoms with Crippen molar-refractivity contribution in [3.63, 3.8) is 0 Å². The molecule has 2 aromatic carbocycles. The Morgan fingerprint density at radius 2 is 1.53 bits per heavy atom. The quantitative estimate of drug-likeness (QED) is 0.472. The third kappa shape index (κ3) is 7.44. The minimum absolute atomic E-state index is 0.0172. The summed E-state index contributed by atoms with van der Waals surface area (Å²) in [7, 11) is 0. The molecule has 0 bridgehead atoms. The zero-order valence-electron chi connectivity index (χ0n) is 25.8. The second-order valence-corrected chi connectivity index (χ2v) is 13.2. The van der Waals surface area contributed by atoms with E-state index in [4.69, 9.17) is 11.6 Å². The van der Waals surface area contributed by atoms with Gasteiger partial charge in [0.2, 0.25) is 11.8 Å². The van der Waals surface area contributed by atoms with Crippen LogP contribution < -0.4 is 10.6 Å². The van der Waals surface area contributed by atoms with Crippen LogP contribution in [0.4, 0.5) is 10.5 Å². The number of urea groups is 1. The van der Waals surface area contributed by atoms with Crippen molar-refractivity contribution >= 4 is 41.0 Å². The van der Waals surface area contributed by atoms with Gasteiger partial charge in [-0.05, 0) is 81.4 Å². The number of fused-ring (bicyclic) bond motifs is 1. The number of hydrogen-bond acceptors (Lipinski definition) is 5. The Balaban J connectivity index is 1.08. The lowest BCUT2D eigenvalue weighted by atomic mass is 9.98. The van der Waals surface area contributed by atoms with E-state index in [0.29, 0.717) is 62.2 Å². The third-order valence-electron chi connectivity index (χ3n) is 9.87. The maximum atomic E-state index is 13.9. The molecule has 1 atom stereocenters. The molecular weight excluding hydrogens is 592 g/mol. The lowest BCUT2D eigenvalue weighted by Gasteiger charge is -2.41. The maximum absolute atomic E-state index is 13.9. The van der Waals surface area contributed by atoms with E-state index in [0.717, 1.165) is 37.2 Å². The Hall–Kier alpha value is -3.63. The Labute approximate surface area is 270 Å². The molecule has 45 heavy (non-hydrogen) atoms. The molecule has 2 aromatic rings. The molecule has 6 rings (SSSR count). The van der Waals surface area contributed by atoms with Gasteiger partial charge in [-0.3, -0.25) is 14.4 Å². The molecule has 240 valence electrons. The molecule has 4 aliphatic heterocycles. The number of nitrogens with one attached hydrogen (secondary N) is 2. The number of carbonyl (C=O) groups excluding carboxylic acids is 4. The van der Waals surface area contributed by atoms with Gasteiger partial charge in [-0.15, -0.1) is 0 Å². The lowest BCUT2D eigenvalue weighted by molar-refractivity contribution is -0.140. The van der Waals surface area contributed by atoms with Crippen LogP contribution >= 0.6 is 11.6 Å². The zero-order chi connectivity index (χ0) is 31.3. The monoisotopic (exact) mass is 634 g/mol. The van der Waals surface area contributed by atoms with Crippen molar-refractivity contribution < 1.29 is 19.2 Å². The number of halogens is 1. The predicted octanol–water partition coefficient (Wildman–Crippen LogP) is 4.34. The van der Waals surface area contributed by atoms with Crippen molar-refractivity contribution in [2.45, 2.75) is 76.0 Å². The molecule has 0 aliphatic carbocycles. The fraction of sp³-hybridized carbons (Fsp3) is 0.529. The highest BCUT2D eigenvalue weighted by atomic mass is 35.5. The van der Waals surface area contributed by atoms with E-state index in [-0.39, 0.29) is 30.3 Å². The summed E-state index contributed by atoms with van der Waals surface area (Å²) in [5.74, 6) is -0.814. The van der Waals surface area contributed by atoms with Crippen LogP contribution in [0.3, 0.4) is 0 Å². The number of rotatable bonds is 7. The van der Waals surface area contributed by atoms with Gasteiger partial charge in [0.25, 0.3) is 5.91 Å². The number of nitrogens with zero attached hydrogens (tertiary/aromatic N) is 4. The van der Waals surface area contributed by atoms with Gasteiger partial charge in [-0.1, -0.05) is 42.3 Å². The molecule has 0 spiro atoms. The van der Waals surface area contributed by atoms with Gasteiger partial charge in [0.15, 0.2) is 0 Å². The summed E-state index contributed by atoms with van der Waals surface area (Å²) >= 11 is 6.13. The largest absolute Gasteiger partial charge is 0.342 e. The molecule has 5 amide bonds. The van der Waals surface area contributed by atoms with Gasteiger partial charge in [0, 0.05) is 61.1 Å². The first-order valence-corrected chi connectivity index (χ1v) is 16.8. The number of anilines is 1. The number of piperidine rings is 3. The predicted molar refractivity (Wildman–Crippen MR) is 173 cm³/mol. The Bertz CT molecular complexity index is 1400. The summed E-state index contributed by atoms with van der Waals surface area (Å²) in [4.78, 5) is 61.6. The van der Waals surface area contributed by atoms with Gasteiger partial charge in [-0.25, -0.2) is 4.79 Å². The van der Waals surface area contributed by atoms with Gasteiger partial charge >= 0.3 is 6.03 Å². The minimum Gasteiger partial charge on any atom is -0.342 e. The molecule has 4 aliphatic rings. The highest BCUT2D eigenvalue weighted by Crippen LogP contribution is 2.28. The highest BCUT2D eigenvalue weighted by molar-refractivity contribution is 6.31. The van der Waals surface area contributed by atoms with Crippen molar-refractivity contribution in [2.24, 2.45) is 0 Å². The molecular formula is C34H43ClN6O4. The van der Waals surface area contributed by atoms with Gasteiger partial charge in [0.1, 0.15) is 6.04 Å². The van der Waals surface area contributed by atoms with Crippen molar-refractivity contribution in [3.05, 3.63) is 64.7 Å². The average molecular weight is 635 g/mol. The Morgan fingerprint density at radius 3 is 2.27 bits per heavy atom. The van der Waals surface area contributed by atoms with Gasteiger partial charge < -0.3 is 30.2 Å². The van der Waals surface area contributed by atoms with E-state index in [1.54, 1.807) is 29.2 Å². The second kappa shape index (κ2) is 14.2. The SMILES string of the molecule is O=C(N[C@@H](CC(=O)N1CCC(N2Cc3ccccc3NC2=O)CC1)C(=O)N1CCC(N2CCCCC2)CC1)c1cccc(Cl)c1. The van der Waals surface area contributed by atoms with E-state index in [1.807, 2.05) is 34.1 Å². The molecule has 11 heteroatoms. The van der Waals surface area contributed by atoms with E-state index >= 15 is 0 Å². The first-order valence-electron chi connectivity index (χ1n) is 16.4. The second-order valence-electron chi connectivity index (χ2n) is 12.7. The number of benzene rings is 2. The average Bonchev–Trinajstić information content (AvgIpc) is 3.08.